The Labute approximate surface area is 312 Å². The first kappa shape index (κ1) is 31.4. The van der Waals surface area contributed by atoms with E-state index in [2.05, 4.69) is 132 Å². The monoisotopic (exact) mass is 692 g/mol. The molecule has 0 saturated carbocycles. The summed E-state index contributed by atoms with van der Waals surface area (Å²) < 4.78 is 6.95. The lowest BCUT2D eigenvalue weighted by Crippen LogP contribution is -2.10. The highest BCUT2D eigenvalue weighted by Gasteiger charge is 2.23. The number of rotatable bonds is 7. The Morgan fingerprint density at radius 3 is 1.48 bits per heavy atom. The van der Waals surface area contributed by atoms with Crippen LogP contribution in [0.3, 0.4) is 0 Å². The molecule has 0 unspecified atom stereocenters. The van der Waals surface area contributed by atoms with Gasteiger partial charge in [0.15, 0.2) is 17.5 Å². The van der Waals surface area contributed by atoms with Gasteiger partial charge in [0.1, 0.15) is 11.2 Å². The van der Waals surface area contributed by atoms with Crippen LogP contribution in [-0.2, 0) is 0 Å². The van der Waals surface area contributed by atoms with Crippen LogP contribution >= 0.6 is 0 Å². The average Bonchev–Trinajstić information content (AvgIpc) is 3.64. The molecule has 0 spiro atoms. The first-order chi connectivity index (χ1) is 26.8. The van der Waals surface area contributed by atoms with Gasteiger partial charge in [-0.05, 0) is 47.5 Å². The summed E-state index contributed by atoms with van der Waals surface area (Å²) in [6.07, 6.45) is 0. The zero-order valence-electron chi connectivity index (χ0n) is 29.2. The lowest BCUT2D eigenvalue weighted by atomic mass is 10.0. The largest absolute Gasteiger partial charge is 0.455 e. The molecule has 254 valence electrons. The fourth-order valence-corrected chi connectivity index (χ4v) is 7.35. The predicted molar refractivity (Wildman–Crippen MR) is 221 cm³/mol. The van der Waals surface area contributed by atoms with Crippen LogP contribution in [0.15, 0.2) is 199 Å². The zero-order valence-corrected chi connectivity index (χ0v) is 29.2. The standard InChI is InChI=1S/C49H32N4O/c1-5-17-33(18-6-1)36-23-15-26-38(31-36)53(37-24-11-4-12-25-37)44-32-43-41-29-16-30-42(45(41)54-46(43)40-28-14-13-27-39(40)44)49-51-47(34-19-7-2-8-20-34)50-48(52-49)35-21-9-3-10-22-35/h1-32H. The Bertz CT molecular complexity index is 2870. The van der Waals surface area contributed by atoms with Gasteiger partial charge in [-0.25, -0.2) is 15.0 Å². The fraction of sp³-hybridized carbons (Fsp3) is 0. The van der Waals surface area contributed by atoms with Gasteiger partial charge in [-0.3, -0.25) is 0 Å². The number of fused-ring (bicyclic) bond motifs is 5. The minimum Gasteiger partial charge on any atom is -0.455 e. The van der Waals surface area contributed by atoms with Gasteiger partial charge in [0, 0.05) is 44.0 Å². The smallest absolute Gasteiger partial charge is 0.167 e. The Balaban J connectivity index is 1.21. The Kier molecular flexibility index (Phi) is 7.73. The highest BCUT2D eigenvalue weighted by molar-refractivity contribution is 6.21. The van der Waals surface area contributed by atoms with Gasteiger partial charge in [0.2, 0.25) is 0 Å². The summed E-state index contributed by atoms with van der Waals surface area (Å²) in [6.45, 7) is 0. The molecule has 0 bridgehead atoms. The second-order valence-electron chi connectivity index (χ2n) is 13.2. The fourth-order valence-electron chi connectivity index (χ4n) is 7.35. The lowest BCUT2D eigenvalue weighted by Gasteiger charge is -2.27. The number of para-hydroxylation sites is 2. The lowest BCUT2D eigenvalue weighted by molar-refractivity contribution is 0.673. The van der Waals surface area contributed by atoms with Gasteiger partial charge < -0.3 is 9.32 Å². The molecule has 0 fully saturated rings. The Morgan fingerprint density at radius 2 is 0.815 bits per heavy atom. The normalized spacial score (nSPS) is 11.3. The number of anilines is 3. The maximum Gasteiger partial charge on any atom is 0.167 e. The van der Waals surface area contributed by atoms with Crippen molar-refractivity contribution in [3.63, 3.8) is 0 Å². The van der Waals surface area contributed by atoms with Crippen LogP contribution in [0.1, 0.15) is 0 Å². The summed E-state index contributed by atoms with van der Waals surface area (Å²) in [5, 5.41) is 4.11. The molecule has 10 aromatic rings. The molecule has 2 aromatic heterocycles. The first-order valence-electron chi connectivity index (χ1n) is 18.0. The molecule has 5 heteroatoms. The molecule has 0 radical (unpaired) electrons. The second-order valence-corrected chi connectivity index (χ2v) is 13.2. The second kappa shape index (κ2) is 13.3. The molecule has 0 aliphatic carbocycles. The van der Waals surface area contributed by atoms with E-state index < -0.39 is 0 Å². The first-order valence-corrected chi connectivity index (χ1v) is 18.0. The van der Waals surface area contributed by atoms with Crippen molar-refractivity contribution in [2.75, 3.05) is 4.90 Å². The number of benzene rings is 8. The van der Waals surface area contributed by atoms with E-state index in [0.717, 1.165) is 72.0 Å². The molecule has 8 aromatic carbocycles. The van der Waals surface area contributed by atoms with E-state index in [1.54, 1.807) is 0 Å². The summed E-state index contributed by atoms with van der Waals surface area (Å²) in [5.41, 5.74) is 9.71. The molecule has 0 amide bonds. The van der Waals surface area contributed by atoms with E-state index in [0.29, 0.717) is 17.5 Å². The molecule has 10 rings (SSSR count). The highest BCUT2D eigenvalue weighted by Crippen LogP contribution is 2.46. The number of hydrogen-bond donors (Lipinski definition) is 0. The predicted octanol–water partition coefficient (Wildman–Crippen LogP) is 13.1. The van der Waals surface area contributed by atoms with E-state index in [-0.39, 0.29) is 0 Å². The minimum atomic E-state index is 0.556. The van der Waals surface area contributed by atoms with E-state index >= 15 is 0 Å². The third-order valence-corrected chi connectivity index (χ3v) is 9.89. The summed E-state index contributed by atoms with van der Waals surface area (Å²) in [7, 11) is 0. The van der Waals surface area contributed by atoms with Crippen LogP contribution in [0.4, 0.5) is 17.1 Å². The summed E-state index contributed by atoms with van der Waals surface area (Å²) in [4.78, 5) is 17.4. The van der Waals surface area contributed by atoms with Crippen molar-refractivity contribution < 1.29 is 4.42 Å². The van der Waals surface area contributed by atoms with Gasteiger partial charge in [0.25, 0.3) is 0 Å². The van der Waals surface area contributed by atoms with Crippen molar-refractivity contribution >= 4 is 49.8 Å². The van der Waals surface area contributed by atoms with Crippen molar-refractivity contribution in [1.29, 1.82) is 0 Å². The molecular formula is C49H32N4O. The molecule has 0 saturated heterocycles. The third-order valence-electron chi connectivity index (χ3n) is 9.89. The Morgan fingerprint density at radius 1 is 0.333 bits per heavy atom. The van der Waals surface area contributed by atoms with E-state index in [9.17, 15) is 0 Å². The molecule has 5 nitrogen and oxygen atoms in total. The maximum atomic E-state index is 6.95. The zero-order chi connectivity index (χ0) is 35.8. The van der Waals surface area contributed by atoms with Crippen molar-refractivity contribution in [3.8, 4) is 45.3 Å². The van der Waals surface area contributed by atoms with Crippen LogP contribution in [0.25, 0.3) is 78.0 Å². The minimum absolute atomic E-state index is 0.556. The molecule has 0 N–H and O–H groups in total. The van der Waals surface area contributed by atoms with E-state index in [1.165, 1.54) is 5.56 Å². The molecule has 2 heterocycles. The van der Waals surface area contributed by atoms with Crippen LogP contribution in [0.5, 0.6) is 0 Å². The molecule has 0 atom stereocenters. The van der Waals surface area contributed by atoms with Gasteiger partial charge in [-0.2, -0.15) is 0 Å². The quantitative estimate of drug-likeness (QED) is 0.166. The van der Waals surface area contributed by atoms with Gasteiger partial charge >= 0.3 is 0 Å². The number of hydrogen-bond acceptors (Lipinski definition) is 5. The third kappa shape index (κ3) is 5.56. The topological polar surface area (TPSA) is 55.1 Å². The SMILES string of the molecule is c1ccc(-c2cccc(N(c3ccccc3)c3cc4c5cccc(-c6nc(-c7ccccc7)nc(-c7ccccc7)n6)c5oc4c4ccccc34)c2)cc1. The van der Waals surface area contributed by atoms with Crippen molar-refractivity contribution in [3.05, 3.63) is 194 Å². The van der Waals surface area contributed by atoms with E-state index in [1.807, 2.05) is 66.7 Å². The molecule has 0 aliphatic rings. The van der Waals surface area contributed by atoms with Gasteiger partial charge in [-0.1, -0.05) is 158 Å². The summed E-state index contributed by atoms with van der Waals surface area (Å²) >= 11 is 0. The summed E-state index contributed by atoms with van der Waals surface area (Å²) in [5.74, 6) is 1.77. The molecule has 54 heavy (non-hydrogen) atoms. The number of nitrogens with zero attached hydrogens (tertiary/aromatic N) is 4. The van der Waals surface area contributed by atoms with Crippen LogP contribution in [0.2, 0.25) is 0 Å². The Hall–Kier alpha value is -7.37. The van der Waals surface area contributed by atoms with Crippen molar-refractivity contribution in [1.82, 2.24) is 15.0 Å². The average molecular weight is 693 g/mol. The van der Waals surface area contributed by atoms with Crippen LogP contribution in [0, 0.1) is 0 Å². The molecular weight excluding hydrogens is 661 g/mol. The number of aromatic nitrogens is 3. The summed E-state index contributed by atoms with van der Waals surface area (Å²) in [6, 6.07) is 66.9. The van der Waals surface area contributed by atoms with Crippen molar-refractivity contribution in [2.45, 2.75) is 0 Å². The number of furan rings is 1. The highest BCUT2D eigenvalue weighted by atomic mass is 16.3. The molecule has 0 aliphatic heterocycles. The van der Waals surface area contributed by atoms with Gasteiger partial charge in [0.05, 0.1) is 11.3 Å². The van der Waals surface area contributed by atoms with E-state index in [4.69, 9.17) is 19.4 Å². The van der Waals surface area contributed by atoms with Gasteiger partial charge in [-0.15, -0.1) is 0 Å². The van der Waals surface area contributed by atoms with Crippen LogP contribution < -0.4 is 4.90 Å². The maximum absolute atomic E-state index is 6.95. The van der Waals surface area contributed by atoms with Crippen LogP contribution in [-0.4, -0.2) is 15.0 Å². The van der Waals surface area contributed by atoms with Crippen molar-refractivity contribution in [2.24, 2.45) is 0 Å².